The summed E-state index contributed by atoms with van der Waals surface area (Å²) in [4.78, 5) is 24.4. The molecule has 0 fully saturated rings. The summed E-state index contributed by atoms with van der Waals surface area (Å²) in [7, 11) is -3.09. The lowest BCUT2D eigenvalue weighted by Gasteiger charge is -2.23. The molecule has 0 bridgehead atoms. The molecule has 2 aromatic rings. The maximum Gasteiger partial charge on any atom is 0.496 e. The first-order valence-electron chi connectivity index (χ1n) is 6.21. The van der Waals surface area contributed by atoms with E-state index in [1.54, 1.807) is 30.8 Å². The summed E-state index contributed by atoms with van der Waals surface area (Å²) in [5.41, 5.74) is 0.509. The van der Waals surface area contributed by atoms with Gasteiger partial charge in [0.25, 0.3) is 0 Å². The van der Waals surface area contributed by atoms with Crippen molar-refractivity contribution in [1.29, 1.82) is 0 Å². The van der Waals surface area contributed by atoms with Crippen molar-refractivity contribution < 1.29 is 18.4 Å². The van der Waals surface area contributed by atoms with Crippen molar-refractivity contribution in [2.45, 2.75) is 6.55 Å². The summed E-state index contributed by atoms with van der Waals surface area (Å²) in [5.74, 6) is -1.02. The molecule has 2 aromatic carbocycles. The zero-order valence-electron chi connectivity index (χ0n) is 10.8. The third kappa shape index (κ3) is 2.02. The van der Waals surface area contributed by atoms with Crippen LogP contribution in [0.15, 0.2) is 54.6 Å². The van der Waals surface area contributed by atoms with Gasteiger partial charge in [0.15, 0.2) is 0 Å². The molecule has 0 saturated heterocycles. The van der Waals surface area contributed by atoms with Gasteiger partial charge in [-0.3, -0.25) is 0 Å². The van der Waals surface area contributed by atoms with Crippen LogP contribution in [0.1, 0.15) is 20.7 Å². The molecule has 100 valence electrons. The molecule has 0 N–H and O–H groups in total. The first-order chi connectivity index (χ1) is 9.60. The zero-order valence-corrected chi connectivity index (χ0v) is 11.8. The van der Waals surface area contributed by atoms with Crippen LogP contribution in [0.2, 0.25) is 6.55 Å². The third-order valence-electron chi connectivity index (χ3n) is 3.24. The highest BCUT2D eigenvalue weighted by molar-refractivity contribution is 6.82. The summed E-state index contributed by atoms with van der Waals surface area (Å²) in [6.45, 7) is 1.70. The van der Waals surface area contributed by atoms with E-state index in [1.807, 2.05) is 30.3 Å². The molecule has 0 atom stereocenters. The Bertz CT molecular complexity index is 644. The summed E-state index contributed by atoms with van der Waals surface area (Å²) in [6.07, 6.45) is 0. The minimum absolute atomic E-state index is 0.254. The van der Waals surface area contributed by atoms with Gasteiger partial charge in [-0.15, -0.1) is 0 Å². The molecule has 5 heteroatoms. The van der Waals surface area contributed by atoms with Gasteiger partial charge in [-0.05, 0) is 12.1 Å². The number of fused-ring (bicyclic) bond motifs is 1. The Morgan fingerprint density at radius 3 is 1.70 bits per heavy atom. The fraction of sp³-hybridized carbons (Fsp3) is 0.0667. The number of rotatable bonds is 1. The Kier molecular flexibility index (Phi) is 2.91. The first-order valence-corrected chi connectivity index (χ1v) is 8.53. The average molecular weight is 284 g/mol. The Morgan fingerprint density at radius 2 is 1.20 bits per heavy atom. The molecule has 1 heterocycles. The second-order valence-corrected chi connectivity index (χ2v) is 7.51. The van der Waals surface area contributed by atoms with Gasteiger partial charge >= 0.3 is 20.5 Å². The van der Waals surface area contributed by atoms with Gasteiger partial charge in [0.05, 0.1) is 11.1 Å². The number of hydrogen-bond acceptors (Lipinski definition) is 4. The highest BCUT2D eigenvalue weighted by Crippen LogP contribution is 2.22. The standard InChI is InChI=1S/C15H12O4Si/c1-20(11-7-3-2-4-8-11)18-14(16)12-9-5-6-10-13(12)15(17)19-20/h2-10H,1H3. The number of carbonyl (C=O) groups excluding carboxylic acids is 2. The first kappa shape index (κ1) is 12.6. The van der Waals surface area contributed by atoms with E-state index in [4.69, 9.17) is 8.85 Å². The molecule has 0 aliphatic carbocycles. The monoisotopic (exact) mass is 284 g/mol. The van der Waals surface area contributed by atoms with E-state index < -0.39 is 20.5 Å². The zero-order chi connectivity index (χ0) is 14.2. The van der Waals surface area contributed by atoms with E-state index in [9.17, 15) is 9.59 Å². The molecule has 0 aromatic heterocycles. The highest BCUT2D eigenvalue weighted by Gasteiger charge is 2.45. The van der Waals surface area contributed by atoms with Crippen molar-refractivity contribution >= 4 is 25.7 Å². The van der Waals surface area contributed by atoms with Gasteiger partial charge in [-0.25, -0.2) is 9.59 Å². The molecule has 1 aliphatic rings. The Balaban J connectivity index is 2.09. The fourth-order valence-electron chi connectivity index (χ4n) is 2.18. The quantitative estimate of drug-likeness (QED) is 0.752. The van der Waals surface area contributed by atoms with Crippen LogP contribution >= 0.6 is 0 Å². The van der Waals surface area contributed by atoms with Gasteiger partial charge < -0.3 is 8.85 Å². The summed E-state index contributed by atoms with van der Waals surface area (Å²) < 4.78 is 11.1. The maximum absolute atomic E-state index is 12.2. The molecule has 0 radical (unpaired) electrons. The van der Waals surface area contributed by atoms with Crippen molar-refractivity contribution in [2.24, 2.45) is 0 Å². The largest absolute Gasteiger partial charge is 0.496 e. The van der Waals surface area contributed by atoms with Crippen LogP contribution in [0.25, 0.3) is 0 Å². The molecule has 0 spiro atoms. The molecule has 4 nitrogen and oxygen atoms in total. The Labute approximate surface area is 117 Å². The molecule has 1 aliphatic heterocycles. The fourth-order valence-corrected chi connectivity index (χ4v) is 4.19. The molecular formula is C15H12O4Si. The topological polar surface area (TPSA) is 52.6 Å². The van der Waals surface area contributed by atoms with Crippen LogP contribution in [0.3, 0.4) is 0 Å². The van der Waals surface area contributed by atoms with E-state index in [0.29, 0.717) is 0 Å². The van der Waals surface area contributed by atoms with Crippen LogP contribution in [0.5, 0.6) is 0 Å². The molecule has 3 rings (SSSR count). The summed E-state index contributed by atoms with van der Waals surface area (Å²) >= 11 is 0. The van der Waals surface area contributed by atoms with E-state index in [-0.39, 0.29) is 11.1 Å². The second kappa shape index (κ2) is 4.61. The van der Waals surface area contributed by atoms with E-state index in [1.165, 1.54) is 0 Å². The number of hydrogen-bond donors (Lipinski definition) is 0. The summed E-state index contributed by atoms with van der Waals surface area (Å²) in [5, 5.41) is 0.745. The SMILES string of the molecule is C[Si]1(c2ccccc2)OC(=O)c2ccccc2C(=O)O1. The predicted molar refractivity (Wildman–Crippen MR) is 75.0 cm³/mol. The van der Waals surface area contributed by atoms with Crippen LogP contribution in [-0.4, -0.2) is 20.5 Å². The molecule has 0 amide bonds. The van der Waals surface area contributed by atoms with Crippen molar-refractivity contribution in [2.75, 3.05) is 0 Å². The van der Waals surface area contributed by atoms with Crippen LogP contribution < -0.4 is 5.19 Å². The van der Waals surface area contributed by atoms with E-state index in [0.717, 1.165) is 5.19 Å². The van der Waals surface area contributed by atoms with Crippen LogP contribution in [-0.2, 0) is 8.85 Å². The lowest BCUT2D eigenvalue weighted by Crippen LogP contribution is -2.52. The van der Waals surface area contributed by atoms with Gasteiger partial charge in [0, 0.05) is 11.7 Å². The molecule has 0 saturated carbocycles. The van der Waals surface area contributed by atoms with Gasteiger partial charge in [-0.2, -0.15) is 0 Å². The number of benzene rings is 2. The second-order valence-electron chi connectivity index (χ2n) is 4.64. The van der Waals surface area contributed by atoms with Crippen molar-refractivity contribution in [1.82, 2.24) is 0 Å². The van der Waals surface area contributed by atoms with E-state index in [2.05, 4.69) is 0 Å². The minimum Gasteiger partial charge on any atom is -0.478 e. The third-order valence-corrected chi connectivity index (χ3v) is 5.77. The lowest BCUT2D eigenvalue weighted by molar-refractivity contribution is 0.0623. The maximum atomic E-state index is 12.2. The molecular weight excluding hydrogens is 272 g/mol. The van der Waals surface area contributed by atoms with Gasteiger partial charge in [0.2, 0.25) is 0 Å². The normalized spacial score (nSPS) is 16.6. The Hall–Kier alpha value is -2.40. The van der Waals surface area contributed by atoms with Crippen LogP contribution in [0, 0.1) is 0 Å². The van der Waals surface area contributed by atoms with Crippen LogP contribution in [0.4, 0.5) is 0 Å². The van der Waals surface area contributed by atoms with Gasteiger partial charge in [0.1, 0.15) is 0 Å². The van der Waals surface area contributed by atoms with E-state index >= 15 is 0 Å². The molecule has 0 unspecified atom stereocenters. The lowest BCUT2D eigenvalue weighted by atomic mass is 10.1. The van der Waals surface area contributed by atoms with Crippen molar-refractivity contribution in [3.8, 4) is 0 Å². The Morgan fingerprint density at radius 1 is 0.750 bits per heavy atom. The average Bonchev–Trinajstić information content (AvgIpc) is 2.57. The van der Waals surface area contributed by atoms with Crippen molar-refractivity contribution in [3.63, 3.8) is 0 Å². The molecule has 20 heavy (non-hydrogen) atoms. The highest BCUT2D eigenvalue weighted by atomic mass is 28.4. The van der Waals surface area contributed by atoms with Crippen molar-refractivity contribution in [3.05, 3.63) is 65.7 Å². The minimum atomic E-state index is -3.09. The smallest absolute Gasteiger partial charge is 0.478 e. The number of carbonyl (C=O) groups is 2. The van der Waals surface area contributed by atoms with Gasteiger partial charge in [-0.1, -0.05) is 42.5 Å². The summed E-state index contributed by atoms with van der Waals surface area (Å²) in [6, 6.07) is 15.7. The predicted octanol–water partition coefficient (Wildman–Crippen LogP) is 1.99.